The van der Waals surface area contributed by atoms with E-state index in [1.807, 2.05) is 20.8 Å². The third kappa shape index (κ3) is 3.95. The third-order valence-electron chi connectivity index (χ3n) is 4.12. The average molecular weight is 383 g/mol. The van der Waals surface area contributed by atoms with Crippen LogP contribution >= 0.6 is 0 Å². The molecule has 2 aromatic heterocycles. The van der Waals surface area contributed by atoms with E-state index < -0.39 is 5.97 Å². The first kappa shape index (κ1) is 19.3. The number of hydrogen-bond donors (Lipinski definition) is 2. The van der Waals surface area contributed by atoms with Crippen LogP contribution in [0.15, 0.2) is 39.3 Å². The summed E-state index contributed by atoms with van der Waals surface area (Å²) in [5.41, 5.74) is 0.682. The van der Waals surface area contributed by atoms with Gasteiger partial charge >= 0.3 is 5.97 Å². The number of amides is 1. The van der Waals surface area contributed by atoms with Crippen molar-refractivity contribution in [2.24, 2.45) is 0 Å². The fourth-order valence-corrected chi connectivity index (χ4v) is 2.61. The topological polar surface area (TPSA) is 118 Å². The van der Waals surface area contributed by atoms with E-state index in [2.05, 4.69) is 15.5 Å². The minimum absolute atomic E-state index is 0.0539. The minimum Gasteiger partial charge on any atom is -0.478 e. The molecule has 1 aromatic carbocycles. The molecule has 3 aromatic rings. The molecular weight excluding hydrogens is 362 g/mol. The van der Waals surface area contributed by atoms with E-state index in [0.29, 0.717) is 22.7 Å². The minimum atomic E-state index is -1.07. The van der Waals surface area contributed by atoms with Gasteiger partial charge in [0, 0.05) is 5.41 Å². The second kappa shape index (κ2) is 7.30. The van der Waals surface area contributed by atoms with Gasteiger partial charge in [-0.1, -0.05) is 38.1 Å². The number of benzene rings is 1. The molecule has 28 heavy (non-hydrogen) atoms. The second-order valence-electron chi connectivity index (χ2n) is 7.39. The average Bonchev–Trinajstić information content (AvgIpc) is 3.26. The number of hydrogen-bond acceptors (Lipinski definition) is 6. The largest absolute Gasteiger partial charge is 0.478 e. The summed E-state index contributed by atoms with van der Waals surface area (Å²) in [6, 6.07) is 8.30. The summed E-state index contributed by atoms with van der Waals surface area (Å²) in [5, 5.41) is 15.8. The van der Waals surface area contributed by atoms with Crippen LogP contribution < -0.4 is 5.32 Å². The highest BCUT2D eigenvalue weighted by Crippen LogP contribution is 2.26. The lowest BCUT2D eigenvalue weighted by molar-refractivity contribution is 0.0694. The van der Waals surface area contributed by atoms with Gasteiger partial charge in [0.25, 0.3) is 11.8 Å². The van der Waals surface area contributed by atoms with Crippen molar-refractivity contribution in [1.29, 1.82) is 0 Å². The van der Waals surface area contributed by atoms with Crippen LogP contribution in [-0.2, 0) is 12.0 Å². The number of carboxylic acid groups (broad SMARTS) is 1. The molecule has 2 N–H and O–H groups in total. The molecular formula is C20H21N3O5. The molecule has 2 heterocycles. The molecule has 146 valence electrons. The van der Waals surface area contributed by atoms with Crippen molar-refractivity contribution < 1.29 is 23.6 Å². The van der Waals surface area contributed by atoms with Crippen LogP contribution in [0.1, 0.15) is 58.8 Å². The Labute approximate surface area is 161 Å². The van der Waals surface area contributed by atoms with E-state index in [1.165, 1.54) is 6.07 Å². The molecule has 0 saturated heterocycles. The van der Waals surface area contributed by atoms with E-state index in [-0.39, 0.29) is 35.1 Å². The molecule has 0 aliphatic carbocycles. The van der Waals surface area contributed by atoms with Gasteiger partial charge in [0.1, 0.15) is 17.1 Å². The number of aryl methyl sites for hydroxylation is 1. The van der Waals surface area contributed by atoms with Crippen LogP contribution in [0, 0.1) is 6.92 Å². The van der Waals surface area contributed by atoms with Gasteiger partial charge in [-0.2, -0.15) is 4.98 Å². The standard InChI is InChI=1S/C20H21N3O5/c1-11-15(18(25)26)9-12(27-11)10-21-16(24)13-7-5-6-8-14(13)17-22-19(23-28-17)20(2,3)4/h5-9H,10H2,1-4H3,(H,21,24)(H,25,26). The van der Waals surface area contributed by atoms with Crippen LogP contribution in [-0.4, -0.2) is 27.1 Å². The SMILES string of the molecule is Cc1oc(CNC(=O)c2ccccc2-c2nc(C(C)(C)C)no2)cc1C(=O)O. The van der Waals surface area contributed by atoms with Crippen LogP contribution in [0.25, 0.3) is 11.5 Å². The molecule has 0 unspecified atom stereocenters. The summed E-state index contributed by atoms with van der Waals surface area (Å²) in [6.07, 6.45) is 0. The predicted molar refractivity (Wildman–Crippen MR) is 100 cm³/mol. The summed E-state index contributed by atoms with van der Waals surface area (Å²) >= 11 is 0. The number of nitrogens with zero attached hydrogens (tertiary/aromatic N) is 2. The summed E-state index contributed by atoms with van der Waals surface area (Å²) in [5.74, 6) is 0.0150. The Morgan fingerprint density at radius 1 is 1.18 bits per heavy atom. The first-order valence-electron chi connectivity index (χ1n) is 8.71. The van der Waals surface area contributed by atoms with E-state index >= 15 is 0 Å². The molecule has 0 aliphatic rings. The molecule has 3 rings (SSSR count). The van der Waals surface area contributed by atoms with E-state index in [0.717, 1.165) is 0 Å². The highest BCUT2D eigenvalue weighted by molar-refractivity contribution is 5.99. The van der Waals surface area contributed by atoms with Crippen molar-refractivity contribution >= 4 is 11.9 Å². The molecule has 8 heteroatoms. The van der Waals surface area contributed by atoms with E-state index in [1.54, 1.807) is 31.2 Å². The van der Waals surface area contributed by atoms with Crippen LogP contribution in [0.3, 0.4) is 0 Å². The lowest BCUT2D eigenvalue weighted by Crippen LogP contribution is -2.23. The van der Waals surface area contributed by atoms with Gasteiger partial charge in [-0.15, -0.1) is 0 Å². The smallest absolute Gasteiger partial charge is 0.339 e. The zero-order valence-corrected chi connectivity index (χ0v) is 16.1. The van der Waals surface area contributed by atoms with Crippen LogP contribution in [0.5, 0.6) is 0 Å². The lowest BCUT2D eigenvalue weighted by atomic mass is 9.96. The van der Waals surface area contributed by atoms with Gasteiger partial charge in [0.05, 0.1) is 17.7 Å². The Bertz CT molecular complexity index is 1030. The summed E-state index contributed by atoms with van der Waals surface area (Å²) in [6.45, 7) is 7.52. The predicted octanol–water partition coefficient (Wildman–Crippen LogP) is 3.56. The first-order chi connectivity index (χ1) is 13.2. The molecule has 0 fully saturated rings. The van der Waals surface area contributed by atoms with Crippen molar-refractivity contribution in [2.75, 3.05) is 0 Å². The Morgan fingerprint density at radius 3 is 2.50 bits per heavy atom. The number of furan rings is 1. The second-order valence-corrected chi connectivity index (χ2v) is 7.39. The number of carboxylic acids is 1. The van der Waals surface area contributed by atoms with Gasteiger partial charge in [0.15, 0.2) is 5.82 Å². The maximum atomic E-state index is 12.7. The zero-order valence-electron chi connectivity index (χ0n) is 16.1. The maximum Gasteiger partial charge on any atom is 0.339 e. The fraction of sp³-hybridized carbons (Fsp3) is 0.300. The van der Waals surface area contributed by atoms with Crippen molar-refractivity contribution in [3.05, 3.63) is 58.8 Å². The molecule has 0 bridgehead atoms. The maximum absolute atomic E-state index is 12.7. The number of aromatic nitrogens is 2. The van der Waals surface area contributed by atoms with E-state index in [4.69, 9.17) is 14.0 Å². The number of aromatic carboxylic acids is 1. The van der Waals surface area contributed by atoms with Crippen LogP contribution in [0.2, 0.25) is 0 Å². The first-order valence-corrected chi connectivity index (χ1v) is 8.71. The highest BCUT2D eigenvalue weighted by atomic mass is 16.5. The Hall–Kier alpha value is -3.42. The molecule has 0 atom stereocenters. The Morgan fingerprint density at radius 2 is 1.89 bits per heavy atom. The number of rotatable bonds is 5. The van der Waals surface area contributed by atoms with E-state index in [9.17, 15) is 9.59 Å². The molecule has 0 saturated carbocycles. The van der Waals surface area contributed by atoms with Gasteiger partial charge in [-0.05, 0) is 25.1 Å². The normalized spacial score (nSPS) is 11.4. The molecule has 8 nitrogen and oxygen atoms in total. The van der Waals surface area contributed by atoms with Crippen molar-refractivity contribution in [2.45, 2.75) is 39.7 Å². The monoisotopic (exact) mass is 383 g/mol. The van der Waals surface area contributed by atoms with Gasteiger partial charge in [-0.3, -0.25) is 4.79 Å². The van der Waals surface area contributed by atoms with Gasteiger partial charge < -0.3 is 19.4 Å². The fourth-order valence-electron chi connectivity index (χ4n) is 2.61. The van der Waals surface area contributed by atoms with Crippen molar-refractivity contribution in [1.82, 2.24) is 15.5 Å². The van der Waals surface area contributed by atoms with Crippen LogP contribution in [0.4, 0.5) is 0 Å². The summed E-state index contributed by atoms with van der Waals surface area (Å²) in [4.78, 5) is 28.2. The molecule has 0 radical (unpaired) electrons. The Kier molecular flexibility index (Phi) is 5.04. The number of carbonyl (C=O) groups excluding carboxylic acids is 1. The zero-order chi connectivity index (χ0) is 20.5. The van der Waals surface area contributed by atoms with Gasteiger partial charge in [0.2, 0.25) is 0 Å². The Balaban J connectivity index is 1.80. The summed E-state index contributed by atoms with van der Waals surface area (Å²) < 4.78 is 10.7. The number of carbonyl (C=O) groups is 2. The molecule has 0 aliphatic heterocycles. The highest BCUT2D eigenvalue weighted by Gasteiger charge is 2.24. The molecule has 1 amide bonds. The quantitative estimate of drug-likeness (QED) is 0.691. The molecule has 0 spiro atoms. The van der Waals surface area contributed by atoms with Crippen molar-refractivity contribution in [3.8, 4) is 11.5 Å². The van der Waals surface area contributed by atoms with Crippen molar-refractivity contribution in [3.63, 3.8) is 0 Å². The lowest BCUT2D eigenvalue weighted by Gasteiger charge is -2.11. The third-order valence-corrected chi connectivity index (χ3v) is 4.12. The number of nitrogens with one attached hydrogen (secondary N) is 1. The van der Waals surface area contributed by atoms with Gasteiger partial charge in [-0.25, -0.2) is 4.79 Å². The summed E-state index contributed by atoms with van der Waals surface area (Å²) in [7, 11) is 0.